The van der Waals surface area contributed by atoms with Crippen LogP contribution in [-0.2, 0) is 17.9 Å². The van der Waals surface area contributed by atoms with Crippen molar-refractivity contribution in [1.82, 2.24) is 19.9 Å². The average Bonchev–Trinajstić information content (AvgIpc) is 3.20. The van der Waals surface area contributed by atoms with Crippen LogP contribution in [0.25, 0.3) is 31.7 Å². The van der Waals surface area contributed by atoms with Crippen LogP contribution in [0.1, 0.15) is 11.4 Å². The van der Waals surface area contributed by atoms with Gasteiger partial charge >= 0.3 is 0 Å². The highest BCUT2D eigenvalue weighted by molar-refractivity contribution is 7.25. The van der Waals surface area contributed by atoms with E-state index in [9.17, 15) is 9.59 Å². The third-order valence-corrected chi connectivity index (χ3v) is 6.74. The summed E-state index contributed by atoms with van der Waals surface area (Å²) in [4.78, 5) is 35.9. The van der Waals surface area contributed by atoms with E-state index in [4.69, 9.17) is 16.6 Å². The zero-order chi connectivity index (χ0) is 22.9. The van der Waals surface area contributed by atoms with E-state index >= 15 is 0 Å². The molecule has 3 heterocycles. The van der Waals surface area contributed by atoms with E-state index in [1.807, 2.05) is 54.6 Å². The number of benzene rings is 2. The Morgan fingerprint density at radius 1 is 1.03 bits per heavy atom. The molecule has 0 unspecified atom stereocenters. The molecule has 0 spiro atoms. The van der Waals surface area contributed by atoms with Crippen molar-refractivity contribution in [2.45, 2.75) is 20.0 Å². The molecule has 0 aliphatic rings. The van der Waals surface area contributed by atoms with E-state index in [0.717, 1.165) is 27.0 Å². The van der Waals surface area contributed by atoms with Gasteiger partial charge in [-0.25, -0.2) is 9.97 Å². The van der Waals surface area contributed by atoms with Gasteiger partial charge in [0.15, 0.2) is 0 Å². The molecule has 33 heavy (non-hydrogen) atoms. The van der Waals surface area contributed by atoms with Gasteiger partial charge in [-0.3, -0.25) is 14.2 Å². The van der Waals surface area contributed by atoms with Crippen molar-refractivity contribution in [3.63, 3.8) is 0 Å². The summed E-state index contributed by atoms with van der Waals surface area (Å²) in [6.45, 7) is 2.00. The van der Waals surface area contributed by atoms with E-state index in [1.165, 1.54) is 15.9 Å². The van der Waals surface area contributed by atoms with Gasteiger partial charge in [0.25, 0.3) is 5.56 Å². The molecule has 3 aromatic heterocycles. The zero-order valence-electron chi connectivity index (χ0n) is 17.7. The Bertz CT molecular complexity index is 1540. The quantitative estimate of drug-likeness (QED) is 0.391. The Hall–Kier alpha value is -3.55. The predicted molar refractivity (Wildman–Crippen MR) is 133 cm³/mol. The molecule has 0 fully saturated rings. The molecule has 1 N–H and O–H groups in total. The van der Waals surface area contributed by atoms with Gasteiger partial charge < -0.3 is 5.32 Å². The Balaban J connectivity index is 1.44. The first-order valence-electron chi connectivity index (χ1n) is 10.4. The SMILES string of the molecule is Cc1nc2c(sc3nc(-c4ccccc4)ccc32)c(=O)n1CC(=O)NCc1ccc(Cl)cc1. The van der Waals surface area contributed by atoms with Crippen molar-refractivity contribution in [3.8, 4) is 11.3 Å². The number of nitrogens with zero attached hydrogens (tertiary/aromatic N) is 3. The molecular weight excluding hydrogens is 456 g/mol. The lowest BCUT2D eigenvalue weighted by Crippen LogP contribution is -2.33. The van der Waals surface area contributed by atoms with Gasteiger partial charge in [0.05, 0.1) is 11.2 Å². The number of carbonyl (C=O) groups excluding carboxylic acids is 1. The molecule has 5 rings (SSSR count). The minimum Gasteiger partial charge on any atom is -0.350 e. The van der Waals surface area contributed by atoms with Crippen LogP contribution in [0.2, 0.25) is 5.02 Å². The second-order valence-electron chi connectivity index (χ2n) is 7.65. The van der Waals surface area contributed by atoms with Crippen molar-refractivity contribution in [2.75, 3.05) is 0 Å². The van der Waals surface area contributed by atoms with Crippen LogP contribution in [0.4, 0.5) is 0 Å². The number of amides is 1. The molecule has 0 saturated carbocycles. The van der Waals surface area contributed by atoms with Crippen LogP contribution in [0, 0.1) is 6.92 Å². The molecule has 6 nitrogen and oxygen atoms in total. The highest BCUT2D eigenvalue weighted by Gasteiger charge is 2.17. The molecule has 0 saturated heterocycles. The number of aryl methyl sites for hydroxylation is 1. The molecule has 5 aromatic rings. The van der Waals surface area contributed by atoms with Crippen LogP contribution < -0.4 is 10.9 Å². The van der Waals surface area contributed by atoms with Crippen molar-refractivity contribution in [3.05, 3.63) is 93.5 Å². The summed E-state index contributed by atoms with van der Waals surface area (Å²) < 4.78 is 1.91. The molecule has 0 radical (unpaired) electrons. The molecule has 8 heteroatoms. The van der Waals surface area contributed by atoms with Crippen molar-refractivity contribution in [2.24, 2.45) is 0 Å². The summed E-state index contributed by atoms with van der Waals surface area (Å²) in [7, 11) is 0. The summed E-state index contributed by atoms with van der Waals surface area (Å²) in [6.07, 6.45) is 0. The molecule has 0 bridgehead atoms. The minimum absolute atomic E-state index is 0.0991. The van der Waals surface area contributed by atoms with Crippen LogP contribution >= 0.6 is 22.9 Å². The third kappa shape index (κ3) is 4.25. The molecular formula is C25H19ClN4O2S. The van der Waals surface area contributed by atoms with E-state index in [-0.39, 0.29) is 18.0 Å². The Morgan fingerprint density at radius 3 is 2.55 bits per heavy atom. The lowest BCUT2D eigenvalue weighted by atomic mass is 10.1. The fraction of sp³-hybridized carbons (Fsp3) is 0.120. The van der Waals surface area contributed by atoms with Crippen molar-refractivity contribution in [1.29, 1.82) is 0 Å². The van der Waals surface area contributed by atoms with E-state index < -0.39 is 0 Å². The van der Waals surface area contributed by atoms with E-state index in [0.29, 0.717) is 27.6 Å². The smallest absolute Gasteiger partial charge is 0.272 e. The highest BCUT2D eigenvalue weighted by atomic mass is 35.5. The number of halogens is 1. The first kappa shape index (κ1) is 21.3. The summed E-state index contributed by atoms with van der Waals surface area (Å²) in [6, 6.07) is 21.0. The maximum absolute atomic E-state index is 13.2. The first-order valence-corrected chi connectivity index (χ1v) is 11.6. The van der Waals surface area contributed by atoms with Crippen LogP contribution in [0.15, 0.2) is 71.5 Å². The lowest BCUT2D eigenvalue weighted by Gasteiger charge is -2.10. The highest BCUT2D eigenvalue weighted by Crippen LogP contribution is 2.31. The minimum atomic E-state index is -0.262. The maximum Gasteiger partial charge on any atom is 0.272 e. The normalized spacial score (nSPS) is 11.2. The van der Waals surface area contributed by atoms with Crippen LogP contribution in [0.5, 0.6) is 0 Å². The number of aromatic nitrogens is 3. The fourth-order valence-electron chi connectivity index (χ4n) is 3.67. The lowest BCUT2D eigenvalue weighted by molar-refractivity contribution is -0.121. The summed E-state index contributed by atoms with van der Waals surface area (Å²) in [5.74, 6) is 0.225. The molecule has 0 aliphatic heterocycles. The third-order valence-electron chi connectivity index (χ3n) is 5.41. The van der Waals surface area contributed by atoms with Gasteiger partial charge in [0.1, 0.15) is 21.9 Å². The van der Waals surface area contributed by atoms with Gasteiger partial charge in [-0.1, -0.05) is 54.1 Å². The van der Waals surface area contributed by atoms with Gasteiger partial charge in [-0.15, -0.1) is 11.3 Å². The number of rotatable bonds is 5. The number of carbonyl (C=O) groups is 1. The van der Waals surface area contributed by atoms with Gasteiger partial charge in [-0.05, 0) is 36.8 Å². The number of nitrogens with one attached hydrogen (secondary N) is 1. The predicted octanol–water partition coefficient (Wildman–Crippen LogP) is 4.95. The zero-order valence-corrected chi connectivity index (χ0v) is 19.3. The van der Waals surface area contributed by atoms with E-state index in [1.54, 1.807) is 19.1 Å². The van der Waals surface area contributed by atoms with Crippen LogP contribution in [-0.4, -0.2) is 20.4 Å². The molecule has 0 aliphatic carbocycles. The van der Waals surface area contributed by atoms with E-state index in [2.05, 4.69) is 10.3 Å². The number of pyridine rings is 1. The standard InChI is InChI=1S/C25H19ClN4O2S/c1-15-28-22-19-11-12-20(17-5-3-2-4-6-17)29-24(19)33-23(22)25(32)30(15)14-21(31)27-13-16-7-9-18(26)10-8-16/h2-12H,13-14H2,1H3,(H,27,31). The Morgan fingerprint density at radius 2 is 1.79 bits per heavy atom. The molecule has 1 amide bonds. The van der Waals surface area contributed by atoms with Gasteiger partial charge in [0.2, 0.25) is 5.91 Å². The topological polar surface area (TPSA) is 76.9 Å². The number of thiophene rings is 1. The molecule has 164 valence electrons. The van der Waals surface area contributed by atoms with Crippen LogP contribution in [0.3, 0.4) is 0 Å². The molecule has 0 atom stereocenters. The van der Waals surface area contributed by atoms with Crippen molar-refractivity contribution >= 4 is 49.3 Å². The monoisotopic (exact) mass is 474 g/mol. The number of hydrogen-bond acceptors (Lipinski definition) is 5. The average molecular weight is 475 g/mol. The summed E-state index contributed by atoms with van der Waals surface area (Å²) >= 11 is 7.20. The molecule has 2 aromatic carbocycles. The summed E-state index contributed by atoms with van der Waals surface area (Å²) in [5.41, 5.74) is 3.17. The second kappa shape index (κ2) is 8.77. The van der Waals surface area contributed by atoms with Crippen molar-refractivity contribution < 1.29 is 4.79 Å². The number of hydrogen-bond donors (Lipinski definition) is 1. The maximum atomic E-state index is 13.2. The number of fused-ring (bicyclic) bond motifs is 3. The summed E-state index contributed by atoms with van der Waals surface area (Å²) in [5, 5.41) is 4.32. The van der Waals surface area contributed by atoms with Gasteiger partial charge in [-0.2, -0.15) is 0 Å². The largest absolute Gasteiger partial charge is 0.350 e. The van der Waals surface area contributed by atoms with Gasteiger partial charge in [0, 0.05) is 22.5 Å². The Kier molecular flexibility index (Phi) is 5.66. The second-order valence-corrected chi connectivity index (χ2v) is 9.08. The first-order chi connectivity index (χ1) is 16.0. The fourth-order valence-corrected chi connectivity index (χ4v) is 4.86. The Labute approximate surface area is 198 Å².